The van der Waals surface area contributed by atoms with E-state index in [1.807, 2.05) is 13.8 Å². The zero-order chi connectivity index (χ0) is 12.3. The Bertz CT molecular complexity index is 402. The van der Waals surface area contributed by atoms with Gasteiger partial charge in [-0.3, -0.25) is 4.79 Å². The first-order valence-corrected chi connectivity index (χ1v) is 5.35. The van der Waals surface area contributed by atoms with Crippen LogP contribution in [0.15, 0.2) is 12.1 Å². The molecule has 0 radical (unpaired) electrons. The van der Waals surface area contributed by atoms with Crippen molar-refractivity contribution in [3.05, 3.63) is 23.3 Å². The number of ether oxygens (including phenoxy) is 1. The van der Waals surface area contributed by atoms with Crippen LogP contribution >= 0.6 is 0 Å². The largest absolute Gasteiger partial charge is 0.495 e. The average Bonchev–Trinajstić information content (AvgIpc) is 2.56. The molecule has 1 aliphatic rings. The van der Waals surface area contributed by atoms with Gasteiger partial charge in [0, 0.05) is 19.2 Å². The number of carbonyl (C=O) groups is 1. The number of carbonyl (C=O) groups excluding carboxylic acids is 1. The first-order valence-electron chi connectivity index (χ1n) is 5.35. The second-order valence-electron chi connectivity index (χ2n) is 3.41. The van der Waals surface area contributed by atoms with Gasteiger partial charge in [-0.25, -0.2) is 0 Å². The molecule has 0 fully saturated rings. The van der Waals surface area contributed by atoms with Crippen LogP contribution < -0.4 is 10.5 Å². The van der Waals surface area contributed by atoms with Gasteiger partial charge in [0.05, 0.1) is 12.8 Å². The molecule has 16 heavy (non-hydrogen) atoms. The Morgan fingerprint density at radius 2 is 2.00 bits per heavy atom. The van der Waals surface area contributed by atoms with Gasteiger partial charge in [0.1, 0.15) is 5.75 Å². The fraction of sp³-hybridized carbons (Fsp3) is 0.417. The smallest absolute Gasteiger partial charge is 0.254 e. The van der Waals surface area contributed by atoms with Gasteiger partial charge < -0.3 is 15.4 Å². The summed E-state index contributed by atoms with van der Waals surface area (Å²) in [6.45, 7) is 4.63. The number of hydrogen-bond acceptors (Lipinski definition) is 3. The predicted octanol–water partition coefficient (Wildman–Crippen LogP) is 1.89. The van der Waals surface area contributed by atoms with E-state index in [2.05, 4.69) is 0 Å². The minimum atomic E-state index is 0.0262. The van der Waals surface area contributed by atoms with E-state index in [0.29, 0.717) is 23.5 Å². The van der Waals surface area contributed by atoms with Crippen LogP contribution in [0.25, 0.3) is 0 Å². The lowest BCUT2D eigenvalue weighted by molar-refractivity contribution is 0.0816. The molecule has 1 amide bonds. The van der Waals surface area contributed by atoms with Crippen LogP contribution in [0.3, 0.4) is 0 Å². The molecule has 1 aliphatic heterocycles. The normalized spacial score (nSPS) is 13.0. The lowest BCUT2D eigenvalue weighted by Gasteiger charge is -2.05. The molecular weight excluding hydrogens is 204 g/mol. The molecule has 2 N–H and O–H groups in total. The highest BCUT2D eigenvalue weighted by Crippen LogP contribution is 2.30. The molecule has 0 unspecified atom stereocenters. The number of benzene rings is 1. The molecule has 4 heteroatoms. The molecule has 0 saturated carbocycles. The third-order valence-corrected chi connectivity index (χ3v) is 2.44. The van der Waals surface area contributed by atoms with Crippen molar-refractivity contribution in [3.63, 3.8) is 0 Å². The van der Waals surface area contributed by atoms with Crippen LogP contribution in [0.5, 0.6) is 5.75 Å². The van der Waals surface area contributed by atoms with Gasteiger partial charge in [-0.2, -0.15) is 0 Å². The highest BCUT2D eigenvalue weighted by atomic mass is 16.5. The minimum Gasteiger partial charge on any atom is -0.495 e. The van der Waals surface area contributed by atoms with Crippen molar-refractivity contribution in [1.82, 2.24) is 4.90 Å². The van der Waals surface area contributed by atoms with Gasteiger partial charge in [-0.1, -0.05) is 13.8 Å². The van der Waals surface area contributed by atoms with E-state index in [9.17, 15) is 4.79 Å². The maximum Gasteiger partial charge on any atom is 0.254 e. The van der Waals surface area contributed by atoms with Crippen molar-refractivity contribution < 1.29 is 9.53 Å². The maximum atomic E-state index is 11.6. The molecule has 2 rings (SSSR count). The van der Waals surface area contributed by atoms with Crippen LogP contribution in [0.1, 0.15) is 29.8 Å². The van der Waals surface area contributed by atoms with Gasteiger partial charge in [-0.15, -0.1) is 0 Å². The standard InChI is InChI=1S/C10H12N2O2.C2H6/c1-12-5-6-3-8(11)9(14-2)4-7(6)10(12)13;1-2/h3-4H,5,11H2,1-2H3;1-2H3. The predicted molar refractivity (Wildman–Crippen MR) is 64.6 cm³/mol. The number of fused-ring (bicyclic) bond motifs is 1. The van der Waals surface area contributed by atoms with Crippen molar-refractivity contribution >= 4 is 11.6 Å². The van der Waals surface area contributed by atoms with Crippen molar-refractivity contribution in [3.8, 4) is 5.75 Å². The van der Waals surface area contributed by atoms with Crippen LogP contribution in [0.2, 0.25) is 0 Å². The quantitative estimate of drug-likeness (QED) is 0.738. The molecule has 1 aromatic carbocycles. The third kappa shape index (κ3) is 1.96. The van der Waals surface area contributed by atoms with Gasteiger partial charge in [0.15, 0.2) is 0 Å². The second kappa shape index (κ2) is 4.88. The molecule has 4 nitrogen and oxygen atoms in total. The maximum absolute atomic E-state index is 11.6. The van der Waals surface area contributed by atoms with Gasteiger partial charge in [0.25, 0.3) is 5.91 Å². The van der Waals surface area contributed by atoms with E-state index in [4.69, 9.17) is 10.5 Å². The van der Waals surface area contributed by atoms with E-state index >= 15 is 0 Å². The van der Waals surface area contributed by atoms with Crippen molar-refractivity contribution in [2.24, 2.45) is 0 Å². The molecule has 1 heterocycles. The molecule has 88 valence electrons. The van der Waals surface area contributed by atoms with Gasteiger partial charge in [-0.05, 0) is 17.7 Å². The Morgan fingerprint density at radius 3 is 2.56 bits per heavy atom. The molecule has 0 aromatic heterocycles. The van der Waals surface area contributed by atoms with Gasteiger partial charge >= 0.3 is 0 Å². The number of anilines is 1. The third-order valence-electron chi connectivity index (χ3n) is 2.44. The van der Waals surface area contributed by atoms with E-state index < -0.39 is 0 Å². The summed E-state index contributed by atoms with van der Waals surface area (Å²) >= 11 is 0. The Labute approximate surface area is 96.0 Å². The molecule has 0 aliphatic carbocycles. The monoisotopic (exact) mass is 222 g/mol. The first kappa shape index (κ1) is 12.4. The Hall–Kier alpha value is -1.71. The Balaban J connectivity index is 0.000000606. The summed E-state index contributed by atoms with van der Waals surface area (Å²) in [4.78, 5) is 13.3. The zero-order valence-corrected chi connectivity index (χ0v) is 10.2. The number of hydrogen-bond donors (Lipinski definition) is 1. The average molecular weight is 222 g/mol. The SMILES string of the molecule is CC.COc1cc2c(cc1N)CN(C)C2=O. The number of nitrogens with zero attached hydrogens (tertiary/aromatic N) is 1. The number of nitrogen functional groups attached to an aromatic ring is 1. The summed E-state index contributed by atoms with van der Waals surface area (Å²) in [7, 11) is 3.31. The van der Waals surface area contributed by atoms with Crippen LogP contribution in [-0.2, 0) is 6.54 Å². The van der Waals surface area contributed by atoms with Crippen LogP contribution in [0, 0.1) is 0 Å². The molecule has 0 saturated heterocycles. The number of methoxy groups -OCH3 is 1. The number of nitrogens with two attached hydrogens (primary N) is 1. The first-order chi connectivity index (χ1) is 7.63. The number of rotatable bonds is 1. The van der Waals surface area contributed by atoms with E-state index in [1.54, 1.807) is 31.2 Å². The molecule has 0 spiro atoms. The zero-order valence-electron chi connectivity index (χ0n) is 10.2. The van der Waals surface area contributed by atoms with Crippen LogP contribution in [-0.4, -0.2) is 25.0 Å². The van der Waals surface area contributed by atoms with Crippen molar-refractivity contribution in [2.75, 3.05) is 19.9 Å². The van der Waals surface area contributed by atoms with Crippen LogP contribution in [0.4, 0.5) is 5.69 Å². The highest BCUT2D eigenvalue weighted by molar-refractivity contribution is 5.99. The summed E-state index contributed by atoms with van der Waals surface area (Å²) in [5.74, 6) is 0.589. The fourth-order valence-corrected chi connectivity index (χ4v) is 1.68. The van der Waals surface area contributed by atoms with E-state index in [-0.39, 0.29) is 5.91 Å². The Kier molecular flexibility index (Phi) is 3.77. The summed E-state index contributed by atoms with van der Waals surface area (Å²) in [5, 5.41) is 0. The minimum absolute atomic E-state index is 0.0262. The van der Waals surface area contributed by atoms with E-state index in [0.717, 1.165) is 5.56 Å². The second-order valence-corrected chi connectivity index (χ2v) is 3.41. The lowest BCUT2D eigenvalue weighted by atomic mass is 10.1. The number of amides is 1. The molecule has 0 bridgehead atoms. The molecular formula is C12H18N2O2. The van der Waals surface area contributed by atoms with E-state index in [1.165, 1.54) is 0 Å². The topological polar surface area (TPSA) is 55.6 Å². The van der Waals surface area contributed by atoms with Crippen molar-refractivity contribution in [2.45, 2.75) is 20.4 Å². The fourth-order valence-electron chi connectivity index (χ4n) is 1.68. The summed E-state index contributed by atoms with van der Waals surface area (Å²) in [6.07, 6.45) is 0. The lowest BCUT2D eigenvalue weighted by Crippen LogP contribution is -2.17. The molecule has 0 atom stereocenters. The summed E-state index contributed by atoms with van der Waals surface area (Å²) in [6, 6.07) is 3.51. The summed E-state index contributed by atoms with van der Waals surface area (Å²) in [5.41, 5.74) is 7.98. The van der Waals surface area contributed by atoms with Gasteiger partial charge in [0.2, 0.25) is 0 Å². The highest BCUT2D eigenvalue weighted by Gasteiger charge is 2.25. The Morgan fingerprint density at radius 1 is 1.38 bits per heavy atom. The summed E-state index contributed by atoms with van der Waals surface area (Å²) < 4.78 is 5.06. The molecule has 1 aromatic rings. The van der Waals surface area contributed by atoms with Crippen molar-refractivity contribution in [1.29, 1.82) is 0 Å².